The molecule has 1 aliphatic rings. The number of carbonyl (C=O) groups is 2. The fourth-order valence-electron chi connectivity index (χ4n) is 2.49. The second kappa shape index (κ2) is 5.93. The highest BCUT2D eigenvalue weighted by molar-refractivity contribution is 6.31. The Balaban J connectivity index is 2.00. The van der Waals surface area contributed by atoms with E-state index >= 15 is 0 Å². The summed E-state index contributed by atoms with van der Waals surface area (Å²) in [6.45, 7) is 4.19. The second-order valence-corrected chi connectivity index (χ2v) is 6.14. The predicted molar refractivity (Wildman–Crippen MR) is 80.3 cm³/mol. The maximum atomic E-state index is 12.2. The zero-order valence-electron chi connectivity index (χ0n) is 12.1. The highest BCUT2D eigenvalue weighted by Gasteiger charge is 2.42. The number of likely N-dealkylation sites (tertiary alicyclic amines) is 1. The van der Waals surface area contributed by atoms with Gasteiger partial charge in [-0.2, -0.15) is 0 Å². The molecule has 2 unspecified atom stereocenters. The highest BCUT2D eigenvalue weighted by Crippen LogP contribution is 2.30. The number of carbonyl (C=O) groups excluding carboxylic acids is 1. The van der Waals surface area contributed by atoms with Gasteiger partial charge in [-0.3, -0.25) is 4.79 Å². The zero-order chi connectivity index (χ0) is 15.6. The molecule has 1 heterocycles. The number of hydrogen-bond acceptors (Lipinski definition) is 2. The smallest absolute Gasteiger partial charge is 0.317 e. The lowest BCUT2D eigenvalue weighted by atomic mass is 9.90. The molecule has 1 aromatic carbocycles. The summed E-state index contributed by atoms with van der Waals surface area (Å²) in [7, 11) is 0. The maximum Gasteiger partial charge on any atom is 0.317 e. The van der Waals surface area contributed by atoms with Crippen LogP contribution in [-0.4, -0.2) is 35.1 Å². The molecule has 5 nitrogen and oxygen atoms in total. The van der Waals surface area contributed by atoms with Gasteiger partial charge in [-0.05, 0) is 31.9 Å². The van der Waals surface area contributed by atoms with Crippen molar-refractivity contribution in [3.8, 4) is 0 Å². The number of carboxylic acid groups (broad SMARTS) is 1. The average molecular weight is 311 g/mol. The molecule has 114 valence electrons. The molecule has 0 radical (unpaired) electrons. The lowest BCUT2D eigenvalue weighted by Gasteiger charge is -2.23. The fraction of sp³-hybridized carbons (Fsp3) is 0.467. The van der Waals surface area contributed by atoms with Gasteiger partial charge in [0.15, 0.2) is 0 Å². The van der Waals surface area contributed by atoms with Crippen molar-refractivity contribution in [3.05, 3.63) is 34.9 Å². The number of amides is 2. The number of nitrogens with zero attached hydrogens (tertiary/aromatic N) is 1. The molecule has 0 aliphatic carbocycles. The van der Waals surface area contributed by atoms with E-state index in [1.54, 1.807) is 17.9 Å². The van der Waals surface area contributed by atoms with E-state index in [9.17, 15) is 14.7 Å². The molecule has 2 atom stereocenters. The number of carboxylic acids is 1. The van der Waals surface area contributed by atoms with E-state index in [4.69, 9.17) is 11.6 Å². The molecule has 0 saturated carbocycles. The first-order valence-corrected chi connectivity index (χ1v) is 7.24. The summed E-state index contributed by atoms with van der Waals surface area (Å²) in [4.78, 5) is 25.0. The third-order valence-corrected chi connectivity index (χ3v) is 4.33. The fourth-order valence-corrected chi connectivity index (χ4v) is 2.79. The summed E-state index contributed by atoms with van der Waals surface area (Å²) in [5.41, 5.74) is -0.0157. The van der Waals surface area contributed by atoms with Crippen LogP contribution in [0.1, 0.15) is 31.9 Å². The Kier molecular flexibility index (Phi) is 4.42. The predicted octanol–water partition coefficient (Wildman–Crippen LogP) is 2.91. The van der Waals surface area contributed by atoms with Crippen LogP contribution in [0.4, 0.5) is 4.79 Å². The molecule has 2 rings (SSSR count). The van der Waals surface area contributed by atoms with Crippen molar-refractivity contribution in [2.24, 2.45) is 5.41 Å². The Morgan fingerprint density at radius 2 is 2.10 bits per heavy atom. The number of benzene rings is 1. The Morgan fingerprint density at radius 3 is 2.67 bits per heavy atom. The van der Waals surface area contributed by atoms with Gasteiger partial charge in [-0.15, -0.1) is 0 Å². The lowest BCUT2D eigenvalue weighted by Crippen LogP contribution is -2.41. The Labute approximate surface area is 128 Å². The maximum absolute atomic E-state index is 12.2. The molecule has 6 heteroatoms. The molecule has 1 saturated heterocycles. The van der Waals surface area contributed by atoms with E-state index in [2.05, 4.69) is 5.32 Å². The van der Waals surface area contributed by atoms with Crippen molar-refractivity contribution in [2.75, 3.05) is 13.1 Å². The number of rotatable bonds is 3. The van der Waals surface area contributed by atoms with Gasteiger partial charge in [-0.1, -0.05) is 29.8 Å². The molecule has 1 aromatic rings. The molecule has 1 aliphatic heterocycles. The lowest BCUT2D eigenvalue weighted by molar-refractivity contribution is -0.146. The van der Waals surface area contributed by atoms with Crippen LogP contribution in [0.3, 0.4) is 0 Å². The van der Waals surface area contributed by atoms with E-state index in [-0.39, 0.29) is 18.6 Å². The molecule has 0 bridgehead atoms. The summed E-state index contributed by atoms with van der Waals surface area (Å²) in [6.07, 6.45) is 0.468. The molecular formula is C15H19ClN2O3. The van der Waals surface area contributed by atoms with E-state index in [0.717, 1.165) is 5.56 Å². The van der Waals surface area contributed by atoms with Crippen LogP contribution in [0.15, 0.2) is 24.3 Å². The van der Waals surface area contributed by atoms with Crippen molar-refractivity contribution in [2.45, 2.75) is 26.3 Å². The third-order valence-electron chi connectivity index (χ3n) is 3.99. The Bertz CT molecular complexity index is 564. The second-order valence-electron chi connectivity index (χ2n) is 5.73. The third kappa shape index (κ3) is 3.29. The molecule has 1 fully saturated rings. The normalized spacial score (nSPS) is 22.9. The van der Waals surface area contributed by atoms with Crippen molar-refractivity contribution in [1.29, 1.82) is 0 Å². The first-order chi connectivity index (χ1) is 9.83. The minimum Gasteiger partial charge on any atom is -0.481 e. The molecule has 0 spiro atoms. The number of urea groups is 1. The highest BCUT2D eigenvalue weighted by atomic mass is 35.5. The summed E-state index contributed by atoms with van der Waals surface area (Å²) >= 11 is 6.11. The van der Waals surface area contributed by atoms with Crippen LogP contribution < -0.4 is 5.32 Å². The van der Waals surface area contributed by atoms with Crippen molar-refractivity contribution in [3.63, 3.8) is 0 Å². The Hall–Kier alpha value is -1.75. The van der Waals surface area contributed by atoms with Crippen LogP contribution in [0.5, 0.6) is 0 Å². The van der Waals surface area contributed by atoms with E-state index in [1.807, 2.05) is 25.1 Å². The quantitative estimate of drug-likeness (QED) is 0.902. The van der Waals surface area contributed by atoms with Gasteiger partial charge < -0.3 is 15.3 Å². The molecule has 2 amide bonds. The average Bonchev–Trinajstić information content (AvgIpc) is 2.83. The molecule has 21 heavy (non-hydrogen) atoms. The monoisotopic (exact) mass is 310 g/mol. The first kappa shape index (κ1) is 15.6. The van der Waals surface area contributed by atoms with E-state index in [0.29, 0.717) is 18.0 Å². The summed E-state index contributed by atoms with van der Waals surface area (Å²) in [5.74, 6) is -0.864. The molecular weight excluding hydrogens is 292 g/mol. The van der Waals surface area contributed by atoms with E-state index < -0.39 is 11.4 Å². The number of hydrogen-bond donors (Lipinski definition) is 2. The van der Waals surface area contributed by atoms with E-state index in [1.165, 1.54) is 0 Å². The van der Waals surface area contributed by atoms with Crippen LogP contribution in [0, 0.1) is 5.41 Å². The summed E-state index contributed by atoms with van der Waals surface area (Å²) in [5, 5.41) is 12.7. The van der Waals surface area contributed by atoms with Gasteiger partial charge in [-0.25, -0.2) is 4.79 Å². The number of aliphatic carboxylic acids is 1. The van der Waals surface area contributed by atoms with Gasteiger partial charge in [0.25, 0.3) is 0 Å². The van der Waals surface area contributed by atoms with Gasteiger partial charge in [0.2, 0.25) is 0 Å². The number of halogens is 1. The van der Waals surface area contributed by atoms with Gasteiger partial charge in [0, 0.05) is 18.1 Å². The Morgan fingerprint density at radius 1 is 1.43 bits per heavy atom. The van der Waals surface area contributed by atoms with Crippen LogP contribution in [0.2, 0.25) is 5.02 Å². The zero-order valence-corrected chi connectivity index (χ0v) is 12.9. The van der Waals surface area contributed by atoms with Crippen LogP contribution in [0.25, 0.3) is 0 Å². The minimum atomic E-state index is -0.864. The first-order valence-electron chi connectivity index (χ1n) is 6.87. The van der Waals surface area contributed by atoms with Crippen LogP contribution >= 0.6 is 11.6 Å². The topological polar surface area (TPSA) is 69.6 Å². The summed E-state index contributed by atoms with van der Waals surface area (Å²) in [6, 6.07) is 6.84. The van der Waals surface area contributed by atoms with Gasteiger partial charge in [0.1, 0.15) is 0 Å². The SMILES string of the molecule is CC(NC(=O)N1CCC(C)(C(=O)O)C1)c1ccccc1Cl. The van der Waals surface area contributed by atoms with Crippen molar-refractivity contribution >= 4 is 23.6 Å². The molecule has 0 aromatic heterocycles. The van der Waals surface area contributed by atoms with Crippen molar-refractivity contribution in [1.82, 2.24) is 10.2 Å². The van der Waals surface area contributed by atoms with Gasteiger partial charge in [0.05, 0.1) is 11.5 Å². The largest absolute Gasteiger partial charge is 0.481 e. The summed E-state index contributed by atoms with van der Waals surface area (Å²) < 4.78 is 0. The van der Waals surface area contributed by atoms with Crippen LogP contribution in [-0.2, 0) is 4.79 Å². The standard InChI is InChI=1S/C15H19ClN2O3/c1-10(11-5-3-4-6-12(11)16)17-14(21)18-8-7-15(2,9-18)13(19)20/h3-6,10H,7-9H2,1-2H3,(H,17,21)(H,19,20). The van der Waals surface area contributed by atoms with Crippen molar-refractivity contribution < 1.29 is 14.7 Å². The van der Waals surface area contributed by atoms with Gasteiger partial charge >= 0.3 is 12.0 Å². The molecule has 2 N–H and O–H groups in total. The minimum absolute atomic E-state index is 0.226. The number of nitrogens with one attached hydrogen (secondary N) is 1.